The van der Waals surface area contributed by atoms with Crippen molar-refractivity contribution in [3.63, 3.8) is 0 Å². The van der Waals surface area contributed by atoms with Crippen LogP contribution in [0.15, 0.2) is 23.2 Å². The van der Waals surface area contributed by atoms with E-state index in [4.69, 9.17) is 14.5 Å². The van der Waals surface area contributed by atoms with Crippen molar-refractivity contribution in [1.82, 2.24) is 15.5 Å². The van der Waals surface area contributed by atoms with E-state index in [1.165, 1.54) is 12.8 Å². The first-order chi connectivity index (χ1) is 14.7. The molecule has 4 rings (SSSR count). The number of likely N-dealkylation sites (tertiary alicyclic amines) is 1. The molecule has 1 aromatic carbocycles. The molecular weight excluding hydrogens is 380 g/mol. The summed E-state index contributed by atoms with van der Waals surface area (Å²) in [4.78, 5) is 19.5. The predicted molar refractivity (Wildman–Crippen MR) is 117 cm³/mol. The van der Waals surface area contributed by atoms with E-state index in [0.717, 1.165) is 68.3 Å². The fourth-order valence-electron chi connectivity index (χ4n) is 4.57. The van der Waals surface area contributed by atoms with Gasteiger partial charge in [0.1, 0.15) is 0 Å². The molecule has 3 aliphatic rings. The molecule has 7 nitrogen and oxygen atoms in total. The molecule has 2 heterocycles. The van der Waals surface area contributed by atoms with Crippen molar-refractivity contribution in [2.45, 2.75) is 58.0 Å². The van der Waals surface area contributed by atoms with Crippen LogP contribution in [-0.2, 0) is 11.3 Å². The molecule has 1 saturated carbocycles. The Labute approximate surface area is 179 Å². The molecule has 1 aromatic rings. The van der Waals surface area contributed by atoms with Gasteiger partial charge in [-0.1, -0.05) is 25.0 Å². The van der Waals surface area contributed by atoms with Gasteiger partial charge in [0.2, 0.25) is 5.91 Å². The zero-order chi connectivity index (χ0) is 20.8. The van der Waals surface area contributed by atoms with E-state index >= 15 is 0 Å². The van der Waals surface area contributed by atoms with E-state index in [1.54, 1.807) is 0 Å². The second kappa shape index (κ2) is 10.0. The summed E-state index contributed by atoms with van der Waals surface area (Å²) >= 11 is 0. The monoisotopic (exact) mass is 414 g/mol. The molecule has 2 N–H and O–H groups in total. The number of hydrogen-bond acceptors (Lipinski definition) is 4. The number of nitrogens with one attached hydrogen (secondary N) is 2. The van der Waals surface area contributed by atoms with Crippen LogP contribution in [0.25, 0.3) is 0 Å². The number of para-hydroxylation sites is 1. The normalized spacial score (nSPS) is 22.1. The maximum atomic E-state index is 12.7. The molecule has 0 aromatic heterocycles. The molecule has 1 saturated heterocycles. The van der Waals surface area contributed by atoms with Crippen molar-refractivity contribution in [1.29, 1.82) is 0 Å². The van der Waals surface area contributed by atoms with Crippen LogP contribution in [0.3, 0.4) is 0 Å². The summed E-state index contributed by atoms with van der Waals surface area (Å²) in [7, 11) is 0. The van der Waals surface area contributed by atoms with Crippen molar-refractivity contribution in [2.24, 2.45) is 10.9 Å². The Hall–Kier alpha value is -2.44. The second-order valence-corrected chi connectivity index (χ2v) is 8.39. The van der Waals surface area contributed by atoms with Crippen molar-refractivity contribution in [2.75, 3.05) is 32.8 Å². The molecule has 0 radical (unpaired) electrons. The quantitative estimate of drug-likeness (QED) is 0.572. The Balaban J connectivity index is 1.37. The van der Waals surface area contributed by atoms with Crippen LogP contribution >= 0.6 is 0 Å². The number of aliphatic imine (C=N–C) groups is 1. The van der Waals surface area contributed by atoms with Crippen molar-refractivity contribution >= 4 is 11.9 Å². The summed E-state index contributed by atoms with van der Waals surface area (Å²) in [5.41, 5.74) is 1.02. The summed E-state index contributed by atoms with van der Waals surface area (Å²) in [5.74, 6) is 2.99. The van der Waals surface area contributed by atoms with Gasteiger partial charge in [-0.05, 0) is 32.3 Å². The lowest BCUT2D eigenvalue weighted by atomic mass is 10.1. The van der Waals surface area contributed by atoms with E-state index in [0.29, 0.717) is 25.7 Å². The molecule has 2 fully saturated rings. The number of amides is 1. The molecular formula is C23H34N4O3. The van der Waals surface area contributed by atoms with Crippen LogP contribution in [0.2, 0.25) is 0 Å². The maximum absolute atomic E-state index is 12.7. The third kappa shape index (κ3) is 4.99. The van der Waals surface area contributed by atoms with Gasteiger partial charge in [-0.25, -0.2) is 4.99 Å². The summed E-state index contributed by atoms with van der Waals surface area (Å²) in [5, 5.41) is 6.86. The number of hydrogen-bond donors (Lipinski definition) is 2. The minimum absolute atomic E-state index is 0.237. The minimum Gasteiger partial charge on any atom is -0.490 e. The molecule has 1 unspecified atom stereocenters. The fraction of sp³-hybridized carbons (Fsp3) is 0.652. The molecule has 0 bridgehead atoms. The molecule has 1 atom stereocenters. The molecule has 0 spiro atoms. The largest absolute Gasteiger partial charge is 0.490 e. The third-order valence-corrected chi connectivity index (χ3v) is 6.15. The van der Waals surface area contributed by atoms with Gasteiger partial charge < -0.3 is 25.0 Å². The summed E-state index contributed by atoms with van der Waals surface area (Å²) in [6, 6.07) is 6.22. The standard InChI is InChI=1S/C23H34N4O3/c1-2-24-23(25-15-18-9-5-10-20-21(18)30-14-6-13-29-20)26-19-11-12-27(16-19)22(28)17-7-3-4-8-17/h5,9-10,17,19H,2-4,6-8,11-16H2,1H3,(H2,24,25,26). The third-order valence-electron chi connectivity index (χ3n) is 6.15. The molecule has 1 aliphatic carbocycles. The van der Waals surface area contributed by atoms with Crippen molar-refractivity contribution < 1.29 is 14.3 Å². The van der Waals surface area contributed by atoms with Crippen molar-refractivity contribution in [3.8, 4) is 11.5 Å². The van der Waals surface area contributed by atoms with E-state index in [1.807, 2.05) is 23.1 Å². The van der Waals surface area contributed by atoms with E-state index in [9.17, 15) is 4.79 Å². The van der Waals surface area contributed by atoms with Crippen LogP contribution < -0.4 is 20.1 Å². The highest BCUT2D eigenvalue weighted by atomic mass is 16.5. The number of ether oxygens (including phenoxy) is 2. The van der Waals surface area contributed by atoms with Gasteiger partial charge in [-0.15, -0.1) is 0 Å². The van der Waals surface area contributed by atoms with Gasteiger partial charge in [0.05, 0.1) is 19.8 Å². The average Bonchev–Trinajstić information content (AvgIpc) is 3.40. The number of nitrogens with zero attached hydrogens (tertiary/aromatic N) is 2. The second-order valence-electron chi connectivity index (χ2n) is 8.39. The molecule has 1 amide bonds. The Morgan fingerprint density at radius 2 is 2.00 bits per heavy atom. The molecule has 164 valence electrons. The van der Waals surface area contributed by atoms with Gasteiger partial charge in [-0.3, -0.25) is 4.79 Å². The summed E-state index contributed by atoms with van der Waals surface area (Å²) in [6.45, 7) is 6.31. The summed E-state index contributed by atoms with van der Waals surface area (Å²) in [6.07, 6.45) is 6.36. The molecule has 7 heteroatoms. The Morgan fingerprint density at radius 3 is 2.83 bits per heavy atom. The van der Waals surface area contributed by atoms with Gasteiger partial charge in [-0.2, -0.15) is 0 Å². The average molecular weight is 415 g/mol. The Morgan fingerprint density at radius 1 is 1.17 bits per heavy atom. The minimum atomic E-state index is 0.237. The number of carbonyl (C=O) groups excluding carboxylic acids is 1. The highest BCUT2D eigenvalue weighted by Crippen LogP contribution is 2.33. The molecule has 30 heavy (non-hydrogen) atoms. The SMILES string of the molecule is CCNC(=NCc1cccc2c1OCCCO2)NC1CCN(C(=O)C2CCCC2)C1. The topological polar surface area (TPSA) is 75.2 Å². The lowest BCUT2D eigenvalue weighted by Gasteiger charge is -2.21. The van der Waals surface area contributed by atoms with Gasteiger partial charge in [0.15, 0.2) is 17.5 Å². The number of guanidine groups is 1. The highest BCUT2D eigenvalue weighted by molar-refractivity contribution is 5.81. The van der Waals surface area contributed by atoms with Gasteiger partial charge in [0, 0.05) is 43.6 Å². The van der Waals surface area contributed by atoms with Crippen LogP contribution in [-0.4, -0.2) is 55.7 Å². The van der Waals surface area contributed by atoms with Gasteiger partial charge in [0.25, 0.3) is 0 Å². The van der Waals surface area contributed by atoms with E-state index in [2.05, 4.69) is 17.6 Å². The number of rotatable bonds is 5. The van der Waals surface area contributed by atoms with E-state index in [-0.39, 0.29) is 12.0 Å². The number of fused-ring (bicyclic) bond motifs is 1. The van der Waals surface area contributed by atoms with Crippen LogP contribution in [0.4, 0.5) is 0 Å². The Bertz CT molecular complexity index is 761. The first-order valence-corrected chi connectivity index (χ1v) is 11.5. The lowest BCUT2D eigenvalue weighted by Crippen LogP contribution is -2.45. The first-order valence-electron chi connectivity index (χ1n) is 11.5. The molecule has 2 aliphatic heterocycles. The number of carbonyl (C=O) groups is 1. The van der Waals surface area contributed by atoms with Crippen LogP contribution in [0.1, 0.15) is 51.0 Å². The first kappa shape index (κ1) is 20.8. The van der Waals surface area contributed by atoms with E-state index < -0.39 is 0 Å². The maximum Gasteiger partial charge on any atom is 0.225 e. The Kier molecular flexibility index (Phi) is 6.97. The lowest BCUT2D eigenvalue weighted by molar-refractivity contribution is -0.134. The zero-order valence-corrected chi connectivity index (χ0v) is 18.0. The zero-order valence-electron chi connectivity index (χ0n) is 18.0. The van der Waals surface area contributed by atoms with Gasteiger partial charge >= 0.3 is 0 Å². The van der Waals surface area contributed by atoms with Crippen LogP contribution in [0, 0.1) is 5.92 Å². The predicted octanol–water partition coefficient (Wildman–Crippen LogP) is 2.69. The van der Waals surface area contributed by atoms with Crippen LogP contribution in [0.5, 0.6) is 11.5 Å². The smallest absolute Gasteiger partial charge is 0.225 e. The summed E-state index contributed by atoms with van der Waals surface area (Å²) < 4.78 is 11.7. The fourth-order valence-corrected chi connectivity index (χ4v) is 4.57. The highest BCUT2D eigenvalue weighted by Gasteiger charge is 2.32. The van der Waals surface area contributed by atoms with Crippen molar-refractivity contribution in [3.05, 3.63) is 23.8 Å². The number of benzene rings is 1.